The van der Waals surface area contributed by atoms with E-state index in [0.29, 0.717) is 28.8 Å². The predicted molar refractivity (Wildman–Crippen MR) is 110 cm³/mol. The standard InChI is InChI=1S/C22H34O2Si/c1-9-24-22(23)21-12-10-20(11-13-21)19(8)14-15-25(16(2)3,17(4)5)18(6)7/h10-13,16-19H,9H2,1-8H3. The van der Waals surface area contributed by atoms with E-state index >= 15 is 0 Å². The van der Waals surface area contributed by atoms with Gasteiger partial charge in [0.25, 0.3) is 0 Å². The van der Waals surface area contributed by atoms with E-state index in [4.69, 9.17) is 4.74 Å². The summed E-state index contributed by atoms with van der Waals surface area (Å²) >= 11 is 0. The number of benzene rings is 1. The maximum atomic E-state index is 11.8. The van der Waals surface area contributed by atoms with E-state index in [1.54, 1.807) is 0 Å². The van der Waals surface area contributed by atoms with E-state index in [2.05, 4.69) is 59.9 Å². The topological polar surface area (TPSA) is 26.3 Å². The molecule has 1 atom stereocenters. The molecule has 2 nitrogen and oxygen atoms in total. The molecule has 1 unspecified atom stereocenters. The van der Waals surface area contributed by atoms with Crippen LogP contribution >= 0.6 is 0 Å². The molecular formula is C22H34O2Si. The number of hydrogen-bond acceptors (Lipinski definition) is 2. The number of carbonyl (C=O) groups excluding carboxylic acids is 1. The van der Waals surface area contributed by atoms with Crippen LogP contribution in [0.3, 0.4) is 0 Å². The van der Waals surface area contributed by atoms with Gasteiger partial charge in [-0.05, 0) is 48.2 Å². The van der Waals surface area contributed by atoms with Gasteiger partial charge in [0, 0.05) is 5.92 Å². The van der Waals surface area contributed by atoms with Gasteiger partial charge in [-0.25, -0.2) is 4.79 Å². The van der Waals surface area contributed by atoms with Crippen molar-refractivity contribution in [2.24, 2.45) is 0 Å². The van der Waals surface area contributed by atoms with Crippen molar-refractivity contribution in [3.05, 3.63) is 35.4 Å². The SMILES string of the molecule is CCOC(=O)c1ccc(C(C)C#C[Si](C(C)C)(C(C)C)C(C)C)cc1. The predicted octanol–water partition coefficient (Wildman–Crippen LogP) is 6.19. The summed E-state index contributed by atoms with van der Waals surface area (Å²) in [4.78, 5) is 11.8. The van der Waals surface area contributed by atoms with Gasteiger partial charge in [-0.1, -0.05) is 53.7 Å². The average molecular weight is 359 g/mol. The molecule has 0 aliphatic heterocycles. The molecule has 1 rings (SSSR count). The van der Waals surface area contributed by atoms with Crippen LogP contribution in [0.2, 0.25) is 16.6 Å². The third-order valence-electron chi connectivity index (χ3n) is 5.29. The zero-order valence-electron chi connectivity index (χ0n) is 17.1. The molecule has 0 fully saturated rings. The molecule has 0 spiro atoms. The fourth-order valence-corrected chi connectivity index (χ4v) is 9.20. The van der Waals surface area contributed by atoms with Crippen molar-refractivity contribution in [3.63, 3.8) is 0 Å². The largest absolute Gasteiger partial charge is 0.462 e. The highest BCUT2D eigenvalue weighted by Gasteiger charge is 2.41. The lowest BCUT2D eigenvalue weighted by molar-refractivity contribution is 0.0526. The van der Waals surface area contributed by atoms with Gasteiger partial charge in [0.15, 0.2) is 0 Å². The van der Waals surface area contributed by atoms with Gasteiger partial charge in [-0.2, -0.15) is 0 Å². The summed E-state index contributed by atoms with van der Waals surface area (Å²) in [6, 6.07) is 7.66. The van der Waals surface area contributed by atoms with Crippen molar-refractivity contribution < 1.29 is 9.53 Å². The van der Waals surface area contributed by atoms with Gasteiger partial charge in [-0.15, -0.1) is 11.5 Å². The Labute approximate surface area is 155 Å². The molecule has 25 heavy (non-hydrogen) atoms. The third kappa shape index (κ3) is 4.98. The van der Waals surface area contributed by atoms with Crippen LogP contribution in [0.15, 0.2) is 24.3 Å². The van der Waals surface area contributed by atoms with Crippen LogP contribution in [0.1, 0.15) is 77.2 Å². The molecule has 0 aliphatic rings. The van der Waals surface area contributed by atoms with Gasteiger partial charge in [0.1, 0.15) is 8.07 Å². The van der Waals surface area contributed by atoms with Gasteiger partial charge in [0.05, 0.1) is 12.2 Å². The Bertz CT molecular complexity index is 596. The number of hydrogen-bond donors (Lipinski definition) is 0. The van der Waals surface area contributed by atoms with Crippen molar-refractivity contribution in [1.82, 2.24) is 0 Å². The molecule has 0 N–H and O–H groups in total. The van der Waals surface area contributed by atoms with E-state index in [9.17, 15) is 4.79 Å². The summed E-state index contributed by atoms with van der Waals surface area (Å²) in [6.45, 7) is 18.4. The zero-order chi connectivity index (χ0) is 19.2. The first kappa shape index (κ1) is 21.5. The van der Waals surface area contributed by atoms with E-state index in [1.807, 2.05) is 31.2 Å². The molecule has 0 aliphatic carbocycles. The van der Waals surface area contributed by atoms with Gasteiger partial charge < -0.3 is 4.74 Å². The molecule has 138 valence electrons. The minimum absolute atomic E-state index is 0.166. The van der Waals surface area contributed by atoms with E-state index in [-0.39, 0.29) is 11.9 Å². The molecule has 3 heteroatoms. The molecule has 0 heterocycles. The summed E-state index contributed by atoms with van der Waals surface area (Å²) in [6.07, 6.45) is 0. The maximum Gasteiger partial charge on any atom is 0.338 e. The summed E-state index contributed by atoms with van der Waals surface area (Å²) in [5.74, 6) is 3.45. The lowest BCUT2D eigenvalue weighted by atomic mass is 10.0. The normalized spacial score (nSPS) is 12.9. The molecule has 1 aromatic rings. The van der Waals surface area contributed by atoms with Gasteiger partial charge in [0.2, 0.25) is 0 Å². The van der Waals surface area contributed by atoms with Crippen molar-refractivity contribution in [3.8, 4) is 11.5 Å². The Hall–Kier alpha value is -1.53. The lowest BCUT2D eigenvalue weighted by Crippen LogP contribution is -2.43. The molecule has 1 aromatic carbocycles. The first-order valence-corrected chi connectivity index (χ1v) is 11.7. The minimum atomic E-state index is -1.70. The van der Waals surface area contributed by atoms with Crippen LogP contribution in [0.4, 0.5) is 0 Å². The fraction of sp³-hybridized carbons (Fsp3) is 0.591. The number of rotatable bonds is 6. The minimum Gasteiger partial charge on any atom is -0.462 e. The molecule has 0 amide bonds. The number of ether oxygens (including phenoxy) is 1. The number of carbonyl (C=O) groups is 1. The second-order valence-corrected chi connectivity index (χ2v) is 13.3. The Kier molecular flexibility index (Phi) is 7.95. The summed E-state index contributed by atoms with van der Waals surface area (Å²) in [5.41, 5.74) is 7.45. The van der Waals surface area contributed by atoms with Crippen LogP contribution in [0.25, 0.3) is 0 Å². The quantitative estimate of drug-likeness (QED) is 0.344. The highest BCUT2D eigenvalue weighted by molar-refractivity contribution is 6.90. The van der Waals surface area contributed by atoms with Crippen molar-refractivity contribution in [2.75, 3.05) is 6.61 Å². The summed E-state index contributed by atoms with van der Waals surface area (Å²) < 4.78 is 5.04. The maximum absolute atomic E-state index is 11.8. The molecular weight excluding hydrogens is 324 g/mol. The molecule has 0 aromatic heterocycles. The summed E-state index contributed by atoms with van der Waals surface area (Å²) in [5, 5.41) is 0. The Morgan fingerprint density at radius 1 is 0.960 bits per heavy atom. The van der Waals surface area contributed by atoms with E-state index in [0.717, 1.165) is 5.56 Å². The average Bonchev–Trinajstić information content (AvgIpc) is 2.54. The van der Waals surface area contributed by atoms with E-state index in [1.165, 1.54) is 0 Å². The zero-order valence-corrected chi connectivity index (χ0v) is 18.1. The first-order chi connectivity index (χ1) is 11.7. The fourth-order valence-electron chi connectivity index (χ4n) is 3.87. The van der Waals surface area contributed by atoms with Crippen LogP contribution in [-0.2, 0) is 4.74 Å². The van der Waals surface area contributed by atoms with Crippen LogP contribution in [0.5, 0.6) is 0 Å². The molecule has 0 radical (unpaired) electrons. The van der Waals surface area contributed by atoms with Crippen LogP contribution in [-0.4, -0.2) is 20.7 Å². The van der Waals surface area contributed by atoms with Crippen molar-refractivity contribution in [2.45, 2.75) is 77.9 Å². The van der Waals surface area contributed by atoms with E-state index < -0.39 is 8.07 Å². The number of esters is 1. The second kappa shape index (κ2) is 9.24. The lowest BCUT2D eigenvalue weighted by Gasteiger charge is -2.38. The highest BCUT2D eigenvalue weighted by atomic mass is 28.3. The molecule has 0 bridgehead atoms. The monoisotopic (exact) mass is 358 g/mol. The van der Waals surface area contributed by atoms with Gasteiger partial charge in [-0.3, -0.25) is 0 Å². The summed E-state index contributed by atoms with van der Waals surface area (Å²) in [7, 11) is -1.70. The second-order valence-electron chi connectivity index (χ2n) is 7.73. The van der Waals surface area contributed by atoms with Crippen LogP contribution < -0.4 is 0 Å². The Morgan fingerprint density at radius 2 is 1.44 bits per heavy atom. The van der Waals surface area contributed by atoms with Crippen molar-refractivity contribution >= 4 is 14.0 Å². The third-order valence-corrected chi connectivity index (χ3v) is 11.6. The van der Waals surface area contributed by atoms with Gasteiger partial charge >= 0.3 is 5.97 Å². The molecule has 0 saturated carbocycles. The first-order valence-electron chi connectivity index (χ1n) is 9.46. The van der Waals surface area contributed by atoms with Crippen LogP contribution in [0, 0.1) is 11.5 Å². The molecule has 0 saturated heterocycles. The van der Waals surface area contributed by atoms with Crippen molar-refractivity contribution in [1.29, 1.82) is 0 Å². The Morgan fingerprint density at radius 3 is 1.84 bits per heavy atom. The highest BCUT2D eigenvalue weighted by Crippen LogP contribution is 2.40. The smallest absolute Gasteiger partial charge is 0.338 e. The Balaban J connectivity index is 3.07.